The lowest BCUT2D eigenvalue weighted by Gasteiger charge is -2.04. The number of carbonyl (C=O) groups excluding carboxylic acids is 1. The highest BCUT2D eigenvalue weighted by Crippen LogP contribution is 2.30. The van der Waals surface area contributed by atoms with Gasteiger partial charge in [0.2, 0.25) is 0 Å². The van der Waals surface area contributed by atoms with Crippen molar-refractivity contribution in [2.75, 3.05) is 5.32 Å². The topological polar surface area (TPSA) is 42.2 Å². The zero-order chi connectivity index (χ0) is 17.3. The normalized spacial score (nSPS) is 10.7. The third-order valence-corrected chi connectivity index (χ3v) is 4.06. The highest BCUT2D eigenvalue weighted by molar-refractivity contribution is 6.35. The zero-order valence-corrected chi connectivity index (χ0v) is 14.8. The van der Waals surface area contributed by atoms with Crippen LogP contribution in [0.15, 0.2) is 52.9 Å². The van der Waals surface area contributed by atoms with E-state index >= 15 is 0 Å². The van der Waals surface area contributed by atoms with E-state index in [0.717, 1.165) is 0 Å². The second kappa shape index (κ2) is 6.89. The maximum absolute atomic E-state index is 12.5. The van der Waals surface area contributed by atoms with E-state index in [1.165, 1.54) is 0 Å². The standard InChI is InChI=1S/C18H12Cl3NO2/c1-10-16(18(23)22-15-4-2-3-12(19)8-15)9-17(24-10)11-5-13(20)7-14(21)6-11/h2-9H,1H3,(H,22,23). The monoisotopic (exact) mass is 379 g/mol. The van der Waals surface area contributed by atoms with Gasteiger partial charge in [-0.1, -0.05) is 40.9 Å². The van der Waals surface area contributed by atoms with Crippen molar-refractivity contribution >= 4 is 46.4 Å². The predicted molar refractivity (Wildman–Crippen MR) is 98.3 cm³/mol. The molecule has 24 heavy (non-hydrogen) atoms. The number of halogens is 3. The number of aryl methyl sites for hydroxylation is 1. The summed E-state index contributed by atoms with van der Waals surface area (Å²) in [4.78, 5) is 12.5. The molecular formula is C18H12Cl3NO2. The van der Waals surface area contributed by atoms with Crippen LogP contribution in [0.5, 0.6) is 0 Å². The number of hydrogen-bond acceptors (Lipinski definition) is 2. The number of hydrogen-bond donors (Lipinski definition) is 1. The summed E-state index contributed by atoms with van der Waals surface area (Å²) in [6.45, 7) is 1.72. The van der Waals surface area contributed by atoms with E-state index in [9.17, 15) is 4.79 Å². The van der Waals surface area contributed by atoms with Crippen LogP contribution in [0.25, 0.3) is 11.3 Å². The Morgan fingerprint density at radius 1 is 0.958 bits per heavy atom. The Balaban J connectivity index is 1.89. The third-order valence-electron chi connectivity index (χ3n) is 3.39. The van der Waals surface area contributed by atoms with Gasteiger partial charge in [0.25, 0.3) is 5.91 Å². The number of furan rings is 1. The zero-order valence-electron chi connectivity index (χ0n) is 12.6. The van der Waals surface area contributed by atoms with Gasteiger partial charge in [-0.2, -0.15) is 0 Å². The summed E-state index contributed by atoms with van der Waals surface area (Å²) in [6, 6.07) is 13.7. The van der Waals surface area contributed by atoms with E-state index in [4.69, 9.17) is 39.2 Å². The Morgan fingerprint density at radius 2 is 1.67 bits per heavy atom. The number of rotatable bonds is 3. The smallest absolute Gasteiger partial charge is 0.259 e. The summed E-state index contributed by atoms with van der Waals surface area (Å²) in [5.74, 6) is 0.742. The Labute approximate surface area is 154 Å². The number of amides is 1. The molecule has 1 amide bonds. The second-order valence-electron chi connectivity index (χ2n) is 5.20. The van der Waals surface area contributed by atoms with Crippen LogP contribution in [0, 0.1) is 6.92 Å². The summed E-state index contributed by atoms with van der Waals surface area (Å²) >= 11 is 18.0. The fraction of sp³-hybridized carbons (Fsp3) is 0.0556. The molecule has 1 heterocycles. The van der Waals surface area contributed by atoms with Gasteiger partial charge < -0.3 is 9.73 Å². The van der Waals surface area contributed by atoms with Gasteiger partial charge in [0.1, 0.15) is 11.5 Å². The van der Waals surface area contributed by atoms with Gasteiger partial charge in [-0.25, -0.2) is 0 Å². The molecule has 0 saturated heterocycles. The quantitative estimate of drug-likeness (QED) is 0.566. The third kappa shape index (κ3) is 3.75. The highest BCUT2D eigenvalue weighted by Gasteiger charge is 2.17. The van der Waals surface area contributed by atoms with Crippen LogP contribution in [0.1, 0.15) is 16.1 Å². The largest absolute Gasteiger partial charge is 0.461 e. The Kier molecular flexibility index (Phi) is 4.86. The summed E-state index contributed by atoms with van der Waals surface area (Å²) in [6.07, 6.45) is 0. The molecule has 1 N–H and O–H groups in total. The first-order chi connectivity index (χ1) is 11.4. The van der Waals surface area contributed by atoms with E-state index in [1.807, 2.05) is 0 Å². The minimum absolute atomic E-state index is 0.280. The van der Waals surface area contributed by atoms with Gasteiger partial charge in [0, 0.05) is 26.3 Å². The average Bonchev–Trinajstić information content (AvgIpc) is 2.88. The van der Waals surface area contributed by atoms with Crippen molar-refractivity contribution in [3.8, 4) is 11.3 Å². The van der Waals surface area contributed by atoms with Crippen LogP contribution in [-0.4, -0.2) is 5.91 Å². The molecule has 3 rings (SSSR count). The van der Waals surface area contributed by atoms with Crippen molar-refractivity contribution in [3.63, 3.8) is 0 Å². The first kappa shape index (κ1) is 16.9. The van der Waals surface area contributed by atoms with Crippen molar-refractivity contribution in [1.82, 2.24) is 0 Å². The first-order valence-corrected chi connectivity index (χ1v) is 8.19. The summed E-state index contributed by atoms with van der Waals surface area (Å²) in [5.41, 5.74) is 1.75. The molecule has 2 aromatic carbocycles. The van der Waals surface area contributed by atoms with Gasteiger partial charge in [0.05, 0.1) is 5.56 Å². The maximum atomic E-state index is 12.5. The molecule has 0 unspecified atom stereocenters. The molecule has 3 aromatic rings. The summed E-state index contributed by atoms with van der Waals surface area (Å²) in [7, 11) is 0. The van der Waals surface area contributed by atoms with Crippen LogP contribution in [-0.2, 0) is 0 Å². The molecule has 122 valence electrons. The van der Waals surface area contributed by atoms with Crippen molar-refractivity contribution in [3.05, 3.63) is 74.9 Å². The van der Waals surface area contributed by atoms with E-state index in [1.54, 1.807) is 55.5 Å². The van der Waals surface area contributed by atoms with Crippen LogP contribution < -0.4 is 5.32 Å². The highest BCUT2D eigenvalue weighted by atomic mass is 35.5. The number of benzene rings is 2. The van der Waals surface area contributed by atoms with Crippen molar-refractivity contribution < 1.29 is 9.21 Å². The minimum Gasteiger partial charge on any atom is -0.461 e. The van der Waals surface area contributed by atoms with Gasteiger partial charge in [-0.05, 0) is 49.4 Å². The Bertz CT molecular complexity index is 898. The van der Waals surface area contributed by atoms with Gasteiger partial charge in [-0.3, -0.25) is 4.79 Å². The van der Waals surface area contributed by atoms with Crippen LogP contribution in [0.3, 0.4) is 0 Å². The summed E-state index contributed by atoms with van der Waals surface area (Å²) < 4.78 is 5.69. The minimum atomic E-state index is -0.280. The number of anilines is 1. The molecule has 0 aliphatic heterocycles. The van der Waals surface area contributed by atoms with Gasteiger partial charge >= 0.3 is 0 Å². The van der Waals surface area contributed by atoms with Crippen LogP contribution in [0.4, 0.5) is 5.69 Å². The first-order valence-electron chi connectivity index (χ1n) is 7.06. The van der Waals surface area contributed by atoms with Crippen molar-refractivity contribution in [1.29, 1.82) is 0 Å². The van der Waals surface area contributed by atoms with E-state index < -0.39 is 0 Å². The van der Waals surface area contributed by atoms with E-state index in [2.05, 4.69) is 5.32 Å². The number of carbonyl (C=O) groups is 1. The Hall–Kier alpha value is -1.94. The van der Waals surface area contributed by atoms with Crippen LogP contribution in [0.2, 0.25) is 15.1 Å². The van der Waals surface area contributed by atoms with Gasteiger partial charge in [0.15, 0.2) is 0 Å². The maximum Gasteiger partial charge on any atom is 0.259 e. The molecule has 0 saturated carbocycles. The molecule has 0 fully saturated rings. The lowest BCUT2D eigenvalue weighted by molar-refractivity contribution is 0.102. The molecule has 0 spiro atoms. The molecule has 0 bridgehead atoms. The SMILES string of the molecule is Cc1oc(-c2cc(Cl)cc(Cl)c2)cc1C(=O)Nc1cccc(Cl)c1. The van der Waals surface area contributed by atoms with E-state index in [0.29, 0.717) is 43.4 Å². The molecule has 0 radical (unpaired) electrons. The van der Waals surface area contributed by atoms with Crippen molar-refractivity contribution in [2.45, 2.75) is 6.92 Å². The molecular weight excluding hydrogens is 369 g/mol. The number of nitrogens with one attached hydrogen (secondary N) is 1. The second-order valence-corrected chi connectivity index (χ2v) is 6.51. The van der Waals surface area contributed by atoms with E-state index in [-0.39, 0.29) is 5.91 Å². The molecule has 0 atom stereocenters. The fourth-order valence-corrected chi connectivity index (χ4v) is 3.03. The predicted octanol–water partition coefficient (Wildman–Crippen LogP) is 6.47. The van der Waals surface area contributed by atoms with Crippen molar-refractivity contribution in [2.24, 2.45) is 0 Å². The lowest BCUT2D eigenvalue weighted by atomic mass is 10.1. The molecule has 3 nitrogen and oxygen atoms in total. The fourth-order valence-electron chi connectivity index (χ4n) is 2.31. The lowest BCUT2D eigenvalue weighted by Crippen LogP contribution is -2.11. The Morgan fingerprint density at radius 3 is 2.33 bits per heavy atom. The summed E-state index contributed by atoms with van der Waals surface area (Å²) in [5, 5.41) is 4.33. The molecule has 0 aliphatic carbocycles. The molecule has 6 heteroatoms. The molecule has 0 aliphatic rings. The average molecular weight is 381 g/mol. The van der Waals surface area contributed by atoms with Crippen LogP contribution >= 0.6 is 34.8 Å². The van der Waals surface area contributed by atoms with Gasteiger partial charge in [-0.15, -0.1) is 0 Å². The molecule has 1 aromatic heterocycles.